The van der Waals surface area contributed by atoms with Crippen molar-refractivity contribution >= 4 is 27.7 Å². The van der Waals surface area contributed by atoms with Crippen molar-refractivity contribution < 1.29 is 0 Å². The minimum Gasteiger partial charge on any atom is -0.302 e. The van der Waals surface area contributed by atoms with Crippen LogP contribution in [0.2, 0.25) is 0 Å². The fourth-order valence-electron chi connectivity index (χ4n) is 4.83. The van der Waals surface area contributed by atoms with Gasteiger partial charge in [0.1, 0.15) is 0 Å². The van der Waals surface area contributed by atoms with Gasteiger partial charge in [0.2, 0.25) is 0 Å². The zero-order valence-electron chi connectivity index (χ0n) is 17.2. The van der Waals surface area contributed by atoms with Crippen molar-refractivity contribution in [2.45, 2.75) is 36.9 Å². The lowest BCUT2D eigenvalue weighted by molar-refractivity contribution is 0.299. The highest BCUT2D eigenvalue weighted by Crippen LogP contribution is 2.59. The normalized spacial score (nSPS) is 22.9. The minimum absolute atomic E-state index is 0.425. The molecule has 1 saturated heterocycles. The quantitative estimate of drug-likeness (QED) is 0.337. The van der Waals surface area contributed by atoms with E-state index in [1.165, 1.54) is 36.0 Å². The van der Waals surface area contributed by atoms with Crippen LogP contribution in [0.25, 0.3) is 11.4 Å². The van der Waals surface area contributed by atoms with Crippen LogP contribution in [0.1, 0.15) is 25.3 Å². The number of hydrogen-bond acceptors (Lipinski definition) is 5. The van der Waals surface area contributed by atoms with E-state index in [1.54, 1.807) is 6.20 Å². The van der Waals surface area contributed by atoms with E-state index in [0.29, 0.717) is 5.41 Å². The molecule has 0 amide bonds. The van der Waals surface area contributed by atoms with Gasteiger partial charge in [0.05, 0.1) is 0 Å². The highest BCUT2D eigenvalue weighted by atomic mass is 79.9. The Morgan fingerprint density at radius 1 is 1.20 bits per heavy atom. The summed E-state index contributed by atoms with van der Waals surface area (Å²) in [5.41, 5.74) is 2.97. The molecule has 0 N–H and O–H groups in total. The molecule has 0 radical (unpaired) electrons. The Balaban J connectivity index is 1.14. The van der Waals surface area contributed by atoms with E-state index in [2.05, 4.69) is 71.8 Å². The largest absolute Gasteiger partial charge is 0.302 e. The van der Waals surface area contributed by atoms with Crippen molar-refractivity contribution in [2.75, 3.05) is 25.4 Å². The van der Waals surface area contributed by atoms with E-state index in [0.717, 1.165) is 41.3 Å². The van der Waals surface area contributed by atoms with Gasteiger partial charge in [-0.2, -0.15) is 0 Å². The smallest absolute Gasteiger partial charge is 0.191 e. The van der Waals surface area contributed by atoms with Crippen LogP contribution >= 0.6 is 27.7 Å². The predicted octanol–water partition coefficient (Wildman–Crippen LogP) is 4.88. The summed E-state index contributed by atoms with van der Waals surface area (Å²) in [5.74, 6) is 2.82. The topological polar surface area (TPSA) is 46.8 Å². The van der Waals surface area contributed by atoms with Gasteiger partial charge in [0.25, 0.3) is 0 Å². The van der Waals surface area contributed by atoms with Gasteiger partial charge in [-0.15, -0.1) is 10.2 Å². The number of thioether (sulfide) groups is 1. The Hall–Kier alpha value is -1.70. The number of pyridine rings is 1. The molecule has 2 aromatic heterocycles. The lowest BCUT2D eigenvalue weighted by Gasteiger charge is -2.21. The second-order valence-corrected chi connectivity index (χ2v) is 10.3. The molecule has 1 aliphatic carbocycles. The molecule has 30 heavy (non-hydrogen) atoms. The lowest BCUT2D eigenvalue weighted by Crippen LogP contribution is -2.27. The standard InChI is InChI=1S/C23H26BrN5S/c1-2-29-21(17-5-3-10-25-14-17)26-27-22(29)30-12-4-11-28-15-19-13-23(19,16-28)18-6-8-20(24)9-7-18/h3,5-10,14,19H,2,4,11-13,15-16H2,1H3/t19-,23-/m1/s1. The summed E-state index contributed by atoms with van der Waals surface area (Å²) >= 11 is 5.37. The molecule has 2 aliphatic rings. The number of benzene rings is 1. The lowest BCUT2D eigenvalue weighted by atomic mass is 9.95. The van der Waals surface area contributed by atoms with Crippen molar-refractivity contribution in [3.05, 3.63) is 58.8 Å². The molecule has 3 heterocycles. The number of rotatable bonds is 8. The van der Waals surface area contributed by atoms with Gasteiger partial charge < -0.3 is 9.47 Å². The first-order valence-corrected chi connectivity index (χ1v) is 12.4. The summed E-state index contributed by atoms with van der Waals surface area (Å²) in [7, 11) is 0. The average Bonchev–Trinajstić information content (AvgIpc) is 3.14. The summed E-state index contributed by atoms with van der Waals surface area (Å²) in [6.07, 6.45) is 6.17. The third-order valence-corrected chi connectivity index (χ3v) is 8.02. The maximum Gasteiger partial charge on any atom is 0.191 e. The number of nitrogens with zero attached hydrogens (tertiary/aromatic N) is 5. The zero-order chi connectivity index (χ0) is 20.6. The summed E-state index contributed by atoms with van der Waals surface area (Å²) in [4.78, 5) is 6.87. The van der Waals surface area contributed by atoms with Gasteiger partial charge in [-0.3, -0.25) is 4.98 Å². The fourth-order valence-corrected chi connectivity index (χ4v) is 6.02. The summed E-state index contributed by atoms with van der Waals surface area (Å²) < 4.78 is 3.35. The molecule has 1 saturated carbocycles. The second-order valence-electron chi connectivity index (χ2n) is 8.29. The van der Waals surface area contributed by atoms with Crippen LogP contribution in [0.3, 0.4) is 0 Å². The van der Waals surface area contributed by atoms with Gasteiger partial charge >= 0.3 is 0 Å². The number of aromatic nitrogens is 4. The maximum atomic E-state index is 4.44. The van der Waals surface area contributed by atoms with Crippen molar-refractivity contribution in [3.8, 4) is 11.4 Å². The number of piperidine rings is 1. The van der Waals surface area contributed by atoms with Crippen LogP contribution in [-0.4, -0.2) is 50.0 Å². The molecule has 156 valence electrons. The Kier molecular flexibility index (Phi) is 5.69. The molecular weight excluding hydrogens is 458 g/mol. The van der Waals surface area contributed by atoms with Crippen LogP contribution in [0.5, 0.6) is 0 Å². The highest BCUT2D eigenvalue weighted by Gasteiger charge is 2.60. The molecule has 0 unspecified atom stereocenters. The average molecular weight is 484 g/mol. The third-order valence-electron chi connectivity index (χ3n) is 6.44. The van der Waals surface area contributed by atoms with E-state index in [1.807, 2.05) is 30.1 Å². The third kappa shape index (κ3) is 3.83. The van der Waals surface area contributed by atoms with Crippen molar-refractivity contribution in [2.24, 2.45) is 5.92 Å². The Morgan fingerprint density at radius 3 is 2.83 bits per heavy atom. The molecule has 0 spiro atoms. The molecule has 5 nitrogen and oxygen atoms in total. The molecule has 3 aromatic rings. The first kappa shape index (κ1) is 20.2. The van der Waals surface area contributed by atoms with Crippen LogP contribution < -0.4 is 0 Å². The number of hydrogen-bond donors (Lipinski definition) is 0. The van der Waals surface area contributed by atoms with Gasteiger partial charge in [-0.05, 0) is 62.1 Å². The Bertz CT molecular complexity index is 1010. The predicted molar refractivity (Wildman–Crippen MR) is 125 cm³/mol. The van der Waals surface area contributed by atoms with E-state index in [9.17, 15) is 0 Å². The highest BCUT2D eigenvalue weighted by molar-refractivity contribution is 9.10. The van der Waals surface area contributed by atoms with Crippen molar-refractivity contribution in [1.82, 2.24) is 24.6 Å². The van der Waals surface area contributed by atoms with Crippen molar-refractivity contribution in [1.29, 1.82) is 0 Å². The molecular formula is C23H26BrN5S. The molecule has 2 atom stereocenters. The first-order chi connectivity index (χ1) is 14.7. The maximum absolute atomic E-state index is 4.44. The van der Waals surface area contributed by atoms with Crippen LogP contribution in [0, 0.1) is 5.92 Å². The molecule has 0 bridgehead atoms. The van der Waals surface area contributed by atoms with Gasteiger partial charge in [-0.1, -0.05) is 39.8 Å². The van der Waals surface area contributed by atoms with Crippen LogP contribution in [0.4, 0.5) is 0 Å². The summed E-state index contributed by atoms with van der Waals surface area (Å²) in [5, 5.41) is 9.86. The Labute approximate surface area is 190 Å². The van der Waals surface area contributed by atoms with E-state index >= 15 is 0 Å². The van der Waals surface area contributed by atoms with Gasteiger partial charge in [0, 0.05) is 53.2 Å². The molecule has 7 heteroatoms. The van der Waals surface area contributed by atoms with Gasteiger partial charge in [-0.25, -0.2) is 0 Å². The number of halogens is 1. The van der Waals surface area contributed by atoms with Gasteiger partial charge in [0.15, 0.2) is 11.0 Å². The number of likely N-dealkylation sites (tertiary alicyclic amines) is 1. The fraction of sp³-hybridized carbons (Fsp3) is 0.435. The molecule has 5 rings (SSSR count). The first-order valence-electron chi connectivity index (χ1n) is 10.6. The summed E-state index contributed by atoms with van der Waals surface area (Å²) in [6, 6.07) is 13.0. The zero-order valence-corrected chi connectivity index (χ0v) is 19.6. The van der Waals surface area contributed by atoms with Crippen LogP contribution in [0.15, 0.2) is 58.4 Å². The second kappa shape index (κ2) is 8.44. The SMILES string of the molecule is CCn1c(SCCCN2C[C@H]3C[C@]3(c3ccc(Br)cc3)C2)nnc1-c1cccnc1. The molecule has 2 fully saturated rings. The number of fused-ring (bicyclic) bond motifs is 1. The molecule has 1 aliphatic heterocycles. The monoisotopic (exact) mass is 483 g/mol. The van der Waals surface area contributed by atoms with E-state index in [4.69, 9.17) is 0 Å². The van der Waals surface area contributed by atoms with Crippen LogP contribution in [-0.2, 0) is 12.0 Å². The summed E-state index contributed by atoms with van der Waals surface area (Å²) in [6.45, 7) is 6.63. The van der Waals surface area contributed by atoms with E-state index in [-0.39, 0.29) is 0 Å². The molecule has 1 aromatic carbocycles. The Morgan fingerprint density at radius 2 is 2.07 bits per heavy atom. The van der Waals surface area contributed by atoms with E-state index < -0.39 is 0 Å². The minimum atomic E-state index is 0.425. The van der Waals surface area contributed by atoms with Crippen molar-refractivity contribution in [3.63, 3.8) is 0 Å².